The highest BCUT2D eigenvalue weighted by Gasteiger charge is 2.42. The number of aliphatic carboxylic acids is 1. The highest BCUT2D eigenvalue weighted by atomic mass is 32.1. The average Bonchev–Trinajstić information content (AvgIpc) is 3.02. The number of hydrogen-bond donors (Lipinski definition) is 3. The fourth-order valence-corrected chi connectivity index (χ4v) is 3.89. The molecule has 0 aromatic carbocycles. The van der Waals surface area contributed by atoms with Crippen LogP contribution in [0.1, 0.15) is 56.9 Å². The Morgan fingerprint density at radius 1 is 1.38 bits per heavy atom. The van der Waals surface area contributed by atoms with Crippen LogP contribution >= 0.6 is 11.3 Å². The monoisotopic (exact) mass is 352 g/mol. The van der Waals surface area contributed by atoms with Gasteiger partial charge in [-0.25, -0.2) is 4.79 Å². The van der Waals surface area contributed by atoms with E-state index in [1.165, 1.54) is 18.3 Å². The lowest BCUT2D eigenvalue weighted by atomic mass is 9.77. The van der Waals surface area contributed by atoms with Crippen LogP contribution in [0.4, 0.5) is 0 Å². The Bertz CT molecular complexity index is 592. The third-order valence-electron chi connectivity index (χ3n) is 4.57. The van der Waals surface area contributed by atoms with E-state index in [0.717, 1.165) is 17.7 Å². The number of rotatable bonds is 6. The number of carbonyl (C=O) groups excluding carboxylic acids is 2. The molecule has 6 nitrogen and oxygen atoms in total. The zero-order valence-corrected chi connectivity index (χ0v) is 14.8. The second kappa shape index (κ2) is 7.79. The molecule has 0 aliphatic heterocycles. The second-order valence-corrected chi connectivity index (χ2v) is 7.57. The van der Waals surface area contributed by atoms with Crippen LogP contribution < -0.4 is 10.6 Å². The number of carbonyl (C=O) groups is 3. The van der Waals surface area contributed by atoms with E-state index in [0.29, 0.717) is 18.8 Å². The third-order valence-corrected chi connectivity index (χ3v) is 5.56. The summed E-state index contributed by atoms with van der Waals surface area (Å²) >= 11 is 1.46. The maximum absolute atomic E-state index is 12.5. The van der Waals surface area contributed by atoms with E-state index >= 15 is 0 Å². The molecule has 1 unspecified atom stereocenters. The Morgan fingerprint density at radius 3 is 2.54 bits per heavy atom. The van der Waals surface area contributed by atoms with Crippen molar-refractivity contribution < 1.29 is 19.5 Å². The molecule has 1 atom stereocenters. The number of nitrogens with one attached hydrogen (secondary N) is 2. The van der Waals surface area contributed by atoms with Gasteiger partial charge in [0.2, 0.25) is 11.8 Å². The molecule has 132 valence electrons. The molecule has 1 saturated carbocycles. The molecule has 1 fully saturated rings. The molecular formula is C17H24N2O4S. The van der Waals surface area contributed by atoms with Gasteiger partial charge in [0.15, 0.2) is 0 Å². The largest absolute Gasteiger partial charge is 0.480 e. The maximum Gasteiger partial charge on any atom is 0.329 e. The molecular weight excluding hydrogens is 328 g/mol. The highest BCUT2D eigenvalue weighted by molar-refractivity contribution is 7.10. The Hall–Kier alpha value is -1.89. The summed E-state index contributed by atoms with van der Waals surface area (Å²) in [5.74, 6) is -1.07. The number of amides is 2. The van der Waals surface area contributed by atoms with Gasteiger partial charge in [0.1, 0.15) is 5.54 Å². The Labute approximate surface area is 145 Å². The van der Waals surface area contributed by atoms with Crippen molar-refractivity contribution in [2.75, 3.05) is 0 Å². The van der Waals surface area contributed by atoms with E-state index in [-0.39, 0.29) is 18.2 Å². The van der Waals surface area contributed by atoms with E-state index in [1.807, 2.05) is 17.5 Å². The van der Waals surface area contributed by atoms with Gasteiger partial charge < -0.3 is 15.7 Å². The van der Waals surface area contributed by atoms with Crippen molar-refractivity contribution in [3.05, 3.63) is 22.4 Å². The first-order chi connectivity index (χ1) is 11.3. The standard InChI is InChI=1S/C17H24N2O4S/c1-11-5-7-17(8-6-11,16(22)23)19-15(21)10-13(18-12(2)20)14-4-3-9-24-14/h3-4,9,11,13H,5-8,10H2,1-2H3,(H,18,20)(H,19,21)(H,22,23). The molecule has 0 bridgehead atoms. The van der Waals surface area contributed by atoms with Crippen LogP contribution in [0.3, 0.4) is 0 Å². The first-order valence-corrected chi connectivity index (χ1v) is 9.05. The quantitative estimate of drug-likeness (QED) is 0.733. The van der Waals surface area contributed by atoms with Gasteiger partial charge in [-0.05, 0) is 43.0 Å². The molecule has 2 rings (SSSR count). The fourth-order valence-electron chi connectivity index (χ4n) is 3.11. The predicted molar refractivity (Wildman–Crippen MR) is 91.6 cm³/mol. The molecule has 1 aliphatic rings. The van der Waals surface area contributed by atoms with Crippen LogP contribution in [0, 0.1) is 5.92 Å². The number of carboxylic acids is 1. The SMILES string of the molecule is CC(=O)NC(CC(=O)NC1(C(=O)O)CCC(C)CC1)c1cccs1. The molecule has 2 amide bonds. The summed E-state index contributed by atoms with van der Waals surface area (Å²) in [6.07, 6.45) is 2.49. The number of carboxylic acid groups (broad SMARTS) is 1. The molecule has 1 aliphatic carbocycles. The molecule has 1 aromatic heterocycles. The molecule has 0 saturated heterocycles. The number of hydrogen-bond acceptors (Lipinski definition) is 4. The molecule has 3 N–H and O–H groups in total. The van der Waals surface area contributed by atoms with Gasteiger partial charge in [0.25, 0.3) is 0 Å². The zero-order valence-electron chi connectivity index (χ0n) is 14.0. The summed E-state index contributed by atoms with van der Waals surface area (Å²) in [6.45, 7) is 3.50. The topological polar surface area (TPSA) is 95.5 Å². The summed E-state index contributed by atoms with van der Waals surface area (Å²) in [5, 5.41) is 17.0. The normalized spacial score (nSPS) is 24.8. The van der Waals surface area contributed by atoms with Crippen molar-refractivity contribution >= 4 is 29.1 Å². The summed E-state index contributed by atoms with van der Waals surface area (Å²) in [4.78, 5) is 36.5. The Morgan fingerprint density at radius 2 is 2.04 bits per heavy atom. The first-order valence-electron chi connectivity index (χ1n) is 8.17. The van der Waals surface area contributed by atoms with Crippen molar-refractivity contribution in [2.45, 2.75) is 57.5 Å². The lowest BCUT2D eigenvalue weighted by Crippen LogP contribution is -2.56. The van der Waals surface area contributed by atoms with Crippen molar-refractivity contribution in [3.63, 3.8) is 0 Å². The summed E-state index contributed by atoms with van der Waals surface area (Å²) in [7, 11) is 0. The lowest BCUT2D eigenvalue weighted by Gasteiger charge is -2.36. The van der Waals surface area contributed by atoms with Crippen LogP contribution in [0.25, 0.3) is 0 Å². The lowest BCUT2D eigenvalue weighted by molar-refractivity contribution is -0.149. The van der Waals surface area contributed by atoms with Crippen molar-refractivity contribution in [1.82, 2.24) is 10.6 Å². The molecule has 1 heterocycles. The van der Waals surface area contributed by atoms with Gasteiger partial charge in [-0.3, -0.25) is 9.59 Å². The molecule has 24 heavy (non-hydrogen) atoms. The van der Waals surface area contributed by atoms with Gasteiger partial charge in [-0.1, -0.05) is 13.0 Å². The molecule has 7 heteroatoms. The van der Waals surface area contributed by atoms with Gasteiger partial charge in [-0.2, -0.15) is 0 Å². The first kappa shape index (κ1) is 18.4. The smallest absolute Gasteiger partial charge is 0.329 e. The Balaban J connectivity index is 2.06. The van der Waals surface area contributed by atoms with Gasteiger partial charge >= 0.3 is 5.97 Å². The Kier molecular flexibility index (Phi) is 5.99. The summed E-state index contributed by atoms with van der Waals surface area (Å²) in [5.41, 5.74) is -1.18. The summed E-state index contributed by atoms with van der Waals surface area (Å²) < 4.78 is 0. The molecule has 1 aromatic rings. The van der Waals surface area contributed by atoms with Gasteiger partial charge in [-0.15, -0.1) is 11.3 Å². The van der Waals surface area contributed by atoms with Gasteiger partial charge in [0, 0.05) is 11.8 Å². The van der Waals surface area contributed by atoms with Gasteiger partial charge in [0.05, 0.1) is 12.5 Å². The highest BCUT2D eigenvalue weighted by Crippen LogP contribution is 2.32. The minimum atomic E-state index is -1.18. The zero-order chi connectivity index (χ0) is 17.7. The van der Waals surface area contributed by atoms with Crippen molar-refractivity contribution in [2.24, 2.45) is 5.92 Å². The second-order valence-electron chi connectivity index (χ2n) is 6.59. The van der Waals surface area contributed by atoms with E-state index in [9.17, 15) is 19.5 Å². The third kappa shape index (κ3) is 4.56. The molecule has 0 spiro atoms. The van der Waals surface area contributed by atoms with Crippen LogP contribution in [-0.2, 0) is 14.4 Å². The predicted octanol–water partition coefficient (Wildman–Crippen LogP) is 2.47. The van der Waals surface area contributed by atoms with Crippen LogP contribution in [0.15, 0.2) is 17.5 Å². The fraction of sp³-hybridized carbons (Fsp3) is 0.588. The summed E-state index contributed by atoms with van der Waals surface area (Å²) in [6, 6.07) is 3.28. The minimum Gasteiger partial charge on any atom is -0.480 e. The van der Waals surface area contributed by atoms with Crippen LogP contribution in [-0.4, -0.2) is 28.4 Å². The molecule has 0 radical (unpaired) electrons. The van der Waals surface area contributed by atoms with E-state index < -0.39 is 17.6 Å². The van der Waals surface area contributed by atoms with E-state index in [4.69, 9.17) is 0 Å². The number of thiophene rings is 1. The van der Waals surface area contributed by atoms with Crippen molar-refractivity contribution in [3.8, 4) is 0 Å². The van der Waals surface area contributed by atoms with E-state index in [1.54, 1.807) is 0 Å². The van der Waals surface area contributed by atoms with E-state index in [2.05, 4.69) is 17.6 Å². The minimum absolute atomic E-state index is 0.0324. The van der Waals surface area contributed by atoms with Crippen LogP contribution in [0.5, 0.6) is 0 Å². The van der Waals surface area contributed by atoms with Crippen molar-refractivity contribution in [1.29, 1.82) is 0 Å². The maximum atomic E-state index is 12.5. The van der Waals surface area contributed by atoms with Crippen LogP contribution in [0.2, 0.25) is 0 Å². The average molecular weight is 352 g/mol.